The summed E-state index contributed by atoms with van der Waals surface area (Å²) < 4.78 is 23.7. The quantitative estimate of drug-likeness (QED) is 0.286. The molecule has 11 nitrogen and oxygen atoms in total. The lowest BCUT2D eigenvalue weighted by molar-refractivity contribution is 0.0974. The topological polar surface area (TPSA) is 155 Å². The van der Waals surface area contributed by atoms with Crippen LogP contribution in [0.3, 0.4) is 0 Å². The van der Waals surface area contributed by atoms with E-state index in [1.165, 1.54) is 14.1 Å². The molecule has 0 aliphatic carbocycles. The van der Waals surface area contributed by atoms with Gasteiger partial charge in [0, 0.05) is 20.1 Å². The summed E-state index contributed by atoms with van der Waals surface area (Å²) in [6, 6.07) is 0.0488. The molecule has 0 radical (unpaired) electrons. The molecule has 1 amide bonds. The maximum absolute atomic E-state index is 12.0. The van der Waals surface area contributed by atoms with Gasteiger partial charge < -0.3 is 16.4 Å². The average Bonchev–Trinajstić information content (AvgIpc) is 2.46. The van der Waals surface area contributed by atoms with Crippen LogP contribution in [0.4, 0.5) is 11.6 Å². The van der Waals surface area contributed by atoms with Gasteiger partial charge in [0.1, 0.15) is 6.34 Å². The first-order chi connectivity index (χ1) is 11.0. The lowest BCUT2D eigenvalue weighted by atomic mass is 10.3. The number of nitrogens with two attached hydrogens (primary N) is 1. The highest BCUT2D eigenvalue weighted by molar-refractivity contribution is 7.87. The van der Waals surface area contributed by atoms with E-state index in [0.717, 1.165) is 10.6 Å². The number of hydrogen-bond acceptors (Lipinski definition) is 8. The molecule has 0 aliphatic rings. The molecule has 0 saturated carbocycles. The maximum atomic E-state index is 12.0. The van der Waals surface area contributed by atoms with Gasteiger partial charge in [-0.15, -0.1) is 0 Å². The number of aromatic nitrogens is 2. The zero-order valence-corrected chi connectivity index (χ0v) is 15.1. The van der Waals surface area contributed by atoms with E-state index in [1.807, 2.05) is 18.7 Å². The molecule has 1 heterocycles. The van der Waals surface area contributed by atoms with Crippen molar-refractivity contribution in [2.24, 2.45) is 5.10 Å². The zero-order valence-electron chi connectivity index (χ0n) is 13.5. The van der Waals surface area contributed by atoms with E-state index < -0.39 is 16.1 Å². The number of carbonyl (C=O) groups is 1. The minimum Gasteiger partial charge on any atom is -0.382 e. The van der Waals surface area contributed by atoms with Crippen LogP contribution in [0.5, 0.6) is 0 Å². The van der Waals surface area contributed by atoms with Crippen molar-refractivity contribution in [1.82, 2.24) is 24.4 Å². The molecule has 0 unspecified atom stereocenters. The van der Waals surface area contributed by atoms with Crippen molar-refractivity contribution in [2.45, 2.75) is 19.9 Å². The monoisotopic (exact) mass is 378 g/mol. The van der Waals surface area contributed by atoms with E-state index in [1.54, 1.807) is 0 Å². The largest absolute Gasteiger partial charge is 0.382 e. The van der Waals surface area contributed by atoms with E-state index in [-0.39, 0.29) is 28.5 Å². The fraction of sp³-hybridized carbons (Fsp3) is 0.455. The summed E-state index contributed by atoms with van der Waals surface area (Å²) in [5.41, 5.74) is 5.47. The van der Waals surface area contributed by atoms with E-state index in [4.69, 9.17) is 17.3 Å². The summed E-state index contributed by atoms with van der Waals surface area (Å²) in [5.74, 6) is -0.624. The first-order valence-corrected chi connectivity index (χ1v) is 8.47. The molecule has 5 N–H and O–H groups in total. The Hall–Kier alpha value is -2.18. The normalized spacial score (nSPS) is 12.0. The van der Waals surface area contributed by atoms with Crippen LogP contribution in [0.1, 0.15) is 24.3 Å². The second-order valence-corrected chi connectivity index (χ2v) is 7.23. The minimum absolute atomic E-state index is 0.0201. The highest BCUT2D eigenvalue weighted by Crippen LogP contribution is 2.20. The summed E-state index contributed by atoms with van der Waals surface area (Å²) in [6.07, 6.45) is 0.846. The number of nitrogen functional groups attached to an aromatic ring is 1. The molecule has 0 aliphatic heterocycles. The summed E-state index contributed by atoms with van der Waals surface area (Å²) >= 11 is 5.94. The Kier molecular flexibility index (Phi) is 6.69. The van der Waals surface area contributed by atoms with Crippen LogP contribution >= 0.6 is 11.6 Å². The molecular formula is C11H19ClN8O3S. The lowest BCUT2D eigenvalue weighted by Gasteiger charge is -2.12. The van der Waals surface area contributed by atoms with E-state index in [2.05, 4.69) is 25.7 Å². The van der Waals surface area contributed by atoms with Crippen LogP contribution in [0.15, 0.2) is 5.10 Å². The third-order valence-corrected chi connectivity index (χ3v) is 3.99. The Bertz CT molecular complexity index is 735. The van der Waals surface area contributed by atoms with Gasteiger partial charge in [-0.05, 0) is 13.8 Å². The molecule has 0 spiro atoms. The smallest absolute Gasteiger partial charge is 0.316 e. The SMILES string of the molecule is CC(C)Nc1nc(N)c(C(=O)N/C=N/NS(=O)(=O)N(C)C)nc1Cl. The Morgan fingerprint density at radius 1 is 1.38 bits per heavy atom. The number of amides is 1. The van der Waals surface area contributed by atoms with E-state index in [9.17, 15) is 13.2 Å². The van der Waals surface area contributed by atoms with Crippen LogP contribution in [0, 0.1) is 0 Å². The van der Waals surface area contributed by atoms with Crippen molar-refractivity contribution in [3.05, 3.63) is 10.8 Å². The first kappa shape index (κ1) is 19.9. The predicted molar refractivity (Wildman–Crippen MR) is 91.9 cm³/mol. The highest BCUT2D eigenvalue weighted by atomic mass is 35.5. The molecule has 0 aromatic carbocycles. The molecule has 1 aromatic rings. The summed E-state index contributed by atoms with van der Waals surface area (Å²) in [4.78, 5) is 21.7. The Morgan fingerprint density at radius 3 is 2.54 bits per heavy atom. The van der Waals surface area contributed by atoms with Gasteiger partial charge in [0.05, 0.1) is 0 Å². The Labute approximate surface area is 144 Å². The Morgan fingerprint density at radius 2 is 2.00 bits per heavy atom. The number of nitrogens with one attached hydrogen (secondary N) is 3. The summed E-state index contributed by atoms with van der Waals surface area (Å²) in [7, 11) is -1.10. The van der Waals surface area contributed by atoms with Crippen molar-refractivity contribution in [1.29, 1.82) is 0 Å². The predicted octanol–water partition coefficient (Wildman–Crippen LogP) is -0.398. The molecule has 0 bridgehead atoms. The standard InChI is InChI=1S/C11H19ClN8O3S/c1-6(2)16-10-8(12)17-7(9(13)18-10)11(21)14-5-15-19-24(22,23)20(3)4/h5-6,19H,1-4H3,(H3,13,16,18)(H,14,15,21). The van der Waals surface area contributed by atoms with Crippen molar-refractivity contribution in [3.8, 4) is 0 Å². The van der Waals surface area contributed by atoms with Crippen molar-refractivity contribution < 1.29 is 13.2 Å². The van der Waals surface area contributed by atoms with Gasteiger partial charge in [-0.25, -0.2) is 9.97 Å². The Balaban J connectivity index is 2.80. The van der Waals surface area contributed by atoms with Gasteiger partial charge in [0.2, 0.25) is 0 Å². The van der Waals surface area contributed by atoms with Gasteiger partial charge in [-0.3, -0.25) is 4.79 Å². The summed E-state index contributed by atoms with van der Waals surface area (Å²) in [5, 5.41) is 8.48. The summed E-state index contributed by atoms with van der Waals surface area (Å²) in [6.45, 7) is 3.75. The van der Waals surface area contributed by atoms with Gasteiger partial charge in [-0.2, -0.15) is 22.7 Å². The number of carbonyl (C=O) groups excluding carboxylic acids is 1. The van der Waals surface area contributed by atoms with Gasteiger partial charge in [0.25, 0.3) is 5.91 Å². The molecule has 0 saturated heterocycles. The lowest BCUT2D eigenvalue weighted by Crippen LogP contribution is -2.33. The molecule has 0 atom stereocenters. The van der Waals surface area contributed by atoms with Crippen LogP contribution in [0.25, 0.3) is 0 Å². The number of halogens is 1. The second kappa shape index (κ2) is 8.08. The zero-order chi connectivity index (χ0) is 18.5. The van der Waals surface area contributed by atoms with Crippen molar-refractivity contribution in [2.75, 3.05) is 25.1 Å². The molecule has 1 rings (SSSR count). The second-order valence-electron chi connectivity index (χ2n) is 5.01. The van der Waals surface area contributed by atoms with Crippen LogP contribution in [0.2, 0.25) is 5.15 Å². The van der Waals surface area contributed by atoms with Gasteiger partial charge in [-0.1, -0.05) is 11.6 Å². The number of nitrogens with zero attached hydrogens (tertiary/aromatic N) is 4. The number of hydrogen-bond donors (Lipinski definition) is 4. The molecule has 13 heteroatoms. The highest BCUT2D eigenvalue weighted by Gasteiger charge is 2.17. The number of anilines is 2. The van der Waals surface area contributed by atoms with Crippen LogP contribution in [-0.4, -0.2) is 55.1 Å². The minimum atomic E-state index is -3.74. The number of rotatable bonds is 7. The van der Waals surface area contributed by atoms with Crippen LogP contribution < -0.4 is 21.2 Å². The maximum Gasteiger partial charge on any atom is 0.316 e. The van der Waals surface area contributed by atoms with Crippen molar-refractivity contribution >= 4 is 45.7 Å². The average molecular weight is 379 g/mol. The van der Waals surface area contributed by atoms with E-state index in [0.29, 0.717) is 0 Å². The molecule has 24 heavy (non-hydrogen) atoms. The van der Waals surface area contributed by atoms with Gasteiger partial charge >= 0.3 is 10.2 Å². The molecule has 0 fully saturated rings. The molecular weight excluding hydrogens is 360 g/mol. The molecule has 1 aromatic heterocycles. The number of hydrazone groups is 1. The van der Waals surface area contributed by atoms with Crippen LogP contribution in [-0.2, 0) is 10.2 Å². The van der Waals surface area contributed by atoms with Gasteiger partial charge in [0.15, 0.2) is 22.5 Å². The fourth-order valence-electron chi connectivity index (χ4n) is 1.29. The van der Waals surface area contributed by atoms with E-state index >= 15 is 0 Å². The third kappa shape index (κ3) is 5.47. The first-order valence-electron chi connectivity index (χ1n) is 6.65. The van der Waals surface area contributed by atoms with Crippen molar-refractivity contribution in [3.63, 3.8) is 0 Å². The molecule has 134 valence electrons. The third-order valence-electron chi connectivity index (χ3n) is 2.43. The fourth-order valence-corrected chi connectivity index (χ4v) is 1.82.